The monoisotopic (exact) mass is 272 g/mol. The molecule has 4 nitrogen and oxygen atoms in total. The van der Waals surface area contributed by atoms with Crippen molar-refractivity contribution in [3.8, 4) is 0 Å². The van der Waals surface area contributed by atoms with Crippen LogP contribution in [0.2, 0.25) is 0 Å². The highest BCUT2D eigenvalue weighted by atomic mass is 16.3. The van der Waals surface area contributed by atoms with Crippen LogP contribution in [0.1, 0.15) is 30.1 Å². The summed E-state index contributed by atoms with van der Waals surface area (Å²) in [6.45, 7) is 3.12. The minimum absolute atomic E-state index is 0.0154. The van der Waals surface area contributed by atoms with E-state index in [9.17, 15) is 4.79 Å². The molecule has 0 radical (unpaired) electrons. The number of nitrogens with zero attached hydrogens (tertiary/aromatic N) is 2. The maximum Gasteiger partial charge on any atom is 0.254 e. The van der Waals surface area contributed by atoms with E-state index in [0.29, 0.717) is 18.7 Å². The smallest absolute Gasteiger partial charge is 0.254 e. The highest BCUT2D eigenvalue weighted by molar-refractivity contribution is 6.05. The Morgan fingerprint density at radius 3 is 2.80 bits per heavy atom. The lowest BCUT2D eigenvalue weighted by atomic mass is 10.1. The van der Waals surface area contributed by atoms with Gasteiger partial charge in [0.15, 0.2) is 0 Å². The van der Waals surface area contributed by atoms with Gasteiger partial charge in [0.2, 0.25) is 0 Å². The number of aliphatic hydroxyl groups excluding tert-OH is 1. The standard InChI is InChI=1S/C16H20N2O2/c1-2-3-10-18(11-12-19)16(20)14-8-9-17-15-7-5-4-6-13(14)15/h4-9,19H,2-3,10-12H2,1H3. The Kier molecular flexibility index (Phi) is 5.07. The van der Waals surface area contributed by atoms with Crippen LogP contribution in [-0.2, 0) is 0 Å². The maximum absolute atomic E-state index is 12.6. The second kappa shape index (κ2) is 7.01. The Morgan fingerprint density at radius 2 is 2.05 bits per heavy atom. The molecular weight excluding hydrogens is 252 g/mol. The first-order valence-electron chi connectivity index (χ1n) is 7.01. The predicted octanol–water partition coefficient (Wildman–Crippen LogP) is 2.47. The fourth-order valence-corrected chi connectivity index (χ4v) is 2.24. The molecule has 1 amide bonds. The molecule has 1 N–H and O–H groups in total. The minimum Gasteiger partial charge on any atom is -0.395 e. The lowest BCUT2D eigenvalue weighted by Gasteiger charge is -2.22. The van der Waals surface area contributed by atoms with Gasteiger partial charge < -0.3 is 10.0 Å². The van der Waals surface area contributed by atoms with Gasteiger partial charge in [0.1, 0.15) is 0 Å². The summed E-state index contributed by atoms with van der Waals surface area (Å²) in [4.78, 5) is 18.6. The summed E-state index contributed by atoms with van der Waals surface area (Å²) >= 11 is 0. The third kappa shape index (κ3) is 3.14. The van der Waals surface area contributed by atoms with E-state index in [1.165, 1.54) is 0 Å². The zero-order chi connectivity index (χ0) is 14.4. The highest BCUT2D eigenvalue weighted by Crippen LogP contribution is 2.18. The molecule has 2 aromatic rings. The molecule has 2 rings (SSSR count). The van der Waals surface area contributed by atoms with Crippen LogP contribution in [0.5, 0.6) is 0 Å². The van der Waals surface area contributed by atoms with Gasteiger partial charge in [-0.3, -0.25) is 9.78 Å². The molecule has 1 aromatic heterocycles. The van der Waals surface area contributed by atoms with Crippen molar-refractivity contribution in [2.45, 2.75) is 19.8 Å². The van der Waals surface area contributed by atoms with Gasteiger partial charge in [0, 0.05) is 24.7 Å². The van der Waals surface area contributed by atoms with Gasteiger partial charge in [0.25, 0.3) is 5.91 Å². The molecule has 0 saturated heterocycles. The number of fused-ring (bicyclic) bond motifs is 1. The Balaban J connectivity index is 2.33. The largest absolute Gasteiger partial charge is 0.395 e. The maximum atomic E-state index is 12.6. The first-order valence-corrected chi connectivity index (χ1v) is 7.01. The van der Waals surface area contributed by atoms with Crippen molar-refractivity contribution in [1.29, 1.82) is 0 Å². The van der Waals surface area contributed by atoms with Gasteiger partial charge in [-0.15, -0.1) is 0 Å². The van der Waals surface area contributed by atoms with E-state index < -0.39 is 0 Å². The van der Waals surface area contributed by atoms with Crippen LogP contribution in [0.25, 0.3) is 10.9 Å². The zero-order valence-electron chi connectivity index (χ0n) is 11.7. The van der Waals surface area contributed by atoms with Crippen molar-refractivity contribution in [1.82, 2.24) is 9.88 Å². The van der Waals surface area contributed by atoms with E-state index in [-0.39, 0.29) is 12.5 Å². The lowest BCUT2D eigenvalue weighted by molar-refractivity contribution is 0.0721. The Hall–Kier alpha value is -1.94. The summed E-state index contributed by atoms with van der Waals surface area (Å²) < 4.78 is 0. The molecule has 106 valence electrons. The van der Waals surface area contributed by atoms with Crippen LogP contribution >= 0.6 is 0 Å². The number of amides is 1. The fourth-order valence-electron chi connectivity index (χ4n) is 2.24. The van der Waals surface area contributed by atoms with Crippen LogP contribution < -0.4 is 0 Å². The number of carbonyl (C=O) groups is 1. The summed E-state index contributed by atoms with van der Waals surface area (Å²) in [5, 5.41) is 10.00. The number of rotatable bonds is 6. The van der Waals surface area contributed by atoms with E-state index in [2.05, 4.69) is 11.9 Å². The van der Waals surface area contributed by atoms with Gasteiger partial charge in [-0.05, 0) is 18.6 Å². The van der Waals surface area contributed by atoms with E-state index in [1.54, 1.807) is 17.2 Å². The van der Waals surface area contributed by atoms with Gasteiger partial charge >= 0.3 is 0 Å². The van der Waals surface area contributed by atoms with E-state index >= 15 is 0 Å². The molecule has 0 aliphatic carbocycles. The minimum atomic E-state index is -0.0360. The highest BCUT2D eigenvalue weighted by Gasteiger charge is 2.17. The van der Waals surface area contributed by atoms with Gasteiger partial charge in [-0.25, -0.2) is 0 Å². The van der Waals surface area contributed by atoms with E-state index in [1.807, 2.05) is 24.3 Å². The zero-order valence-corrected chi connectivity index (χ0v) is 11.7. The van der Waals surface area contributed by atoms with E-state index in [0.717, 1.165) is 23.7 Å². The number of aromatic nitrogens is 1. The molecule has 1 aromatic carbocycles. The fraction of sp³-hybridized carbons (Fsp3) is 0.375. The molecular formula is C16H20N2O2. The van der Waals surface area contributed by atoms with Crippen molar-refractivity contribution in [2.24, 2.45) is 0 Å². The second-order valence-electron chi connectivity index (χ2n) is 4.75. The van der Waals surface area contributed by atoms with Crippen LogP contribution in [0.15, 0.2) is 36.5 Å². The van der Waals surface area contributed by atoms with Crippen molar-refractivity contribution >= 4 is 16.8 Å². The molecule has 0 unspecified atom stereocenters. The molecule has 20 heavy (non-hydrogen) atoms. The number of hydrogen-bond acceptors (Lipinski definition) is 3. The van der Waals surface area contributed by atoms with Gasteiger partial charge in [-0.2, -0.15) is 0 Å². The van der Waals surface area contributed by atoms with Crippen LogP contribution in [-0.4, -0.2) is 40.6 Å². The Bertz CT molecular complexity index is 578. The van der Waals surface area contributed by atoms with Crippen LogP contribution in [0.4, 0.5) is 0 Å². The third-order valence-electron chi connectivity index (χ3n) is 3.32. The molecule has 0 aliphatic rings. The Morgan fingerprint density at radius 1 is 1.25 bits per heavy atom. The summed E-state index contributed by atoms with van der Waals surface area (Å²) in [7, 11) is 0. The first kappa shape index (κ1) is 14.5. The normalized spacial score (nSPS) is 10.7. The number of benzene rings is 1. The third-order valence-corrected chi connectivity index (χ3v) is 3.32. The topological polar surface area (TPSA) is 53.4 Å². The van der Waals surface area contributed by atoms with Crippen LogP contribution in [0, 0.1) is 0 Å². The van der Waals surface area contributed by atoms with Crippen LogP contribution in [0.3, 0.4) is 0 Å². The quantitative estimate of drug-likeness (QED) is 0.879. The molecule has 0 saturated carbocycles. The number of unbranched alkanes of at least 4 members (excludes halogenated alkanes) is 1. The summed E-state index contributed by atoms with van der Waals surface area (Å²) in [5.41, 5.74) is 1.47. The molecule has 1 heterocycles. The molecule has 0 fully saturated rings. The average Bonchev–Trinajstić information content (AvgIpc) is 2.50. The number of pyridine rings is 1. The molecule has 0 atom stereocenters. The van der Waals surface area contributed by atoms with Gasteiger partial charge in [-0.1, -0.05) is 31.5 Å². The van der Waals surface area contributed by atoms with Crippen molar-refractivity contribution in [3.63, 3.8) is 0 Å². The molecule has 0 aliphatic heterocycles. The second-order valence-corrected chi connectivity index (χ2v) is 4.75. The van der Waals surface area contributed by atoms with Crippen molar-refractivity contribution < 1.29 is 9.90 Å². The van der Waals surface area contributed by atoms with Crippen molar-refractivity contribution in [3.05, 3.63) is 42.1 Å². The lowest BCUT2D eigenvalue weighted by Crippen LogP contribution is -2.34. The molecule has 0 bridgehead atoms. The number of aliphatic hydroxyl groups is 1. The van der Waals surface area contributed by atoms with Gasteiger partial charge in [0.05, 0.1) is 17.7 Å². The summed E-state index contributed by atoms with van der Waals surface area (Å²) in [6, 6.07) is 9.37. The Labute approximate surface area is 119 Å². The number of hydrogen-bond donors (Lipinski definition) is 1. The summed E-state index contributed by atoms with van der Waals surface area (Å²) in [6.07, 6.45) is 3.62. The average molecular weight is 272 g/mol. The summed E-state index contributed by atoms with van der Waals surface area (Å²) in [5.74, 6) is -0.0360. The van der Waals surface area contributed by atoms with E-state index in [4.69, 9.17) is 5.11 Å². The predicted molar refractivity (Wildman–Crippen MR) is 79.6 cm³/mol. The number of carbonyl (C=O) groups excluding carboxylic acids is 1. The first-order chi connectivity index (χ1) is 9.77. The molecule has 0 spiro atoms. The van der Waals surface area contributed by atoms with Crippen molar-refractivity contribution in [2.75, 3.05) is 19.7 Å². The number of para-hydroxylation sites is 1. The SMILES string of the molecule is CCCCN(CCO)C(=O)c1ccnc2ccccc12. The molecule has 4 heteroatoms.